The van der Waals surface area contributed by atoms with Crippen molar-refractivity contribution in [3.63, 3.8) is 0 Å². The molecular formula is C13H15BrN2O. The molecule has 1 aliphatic rings. The fourth-order valence-corrected chi connectivity index (χ4v) is 2.44. The fraction of sp³-hybridized carbons (Fsp3) is 0.462. The number of benzene rings is 1. The maximum atomic E-state index is 9.41. The van der Waals surface area contributed by atoms with Crippen LogP contribution in [-0.4, -0.2) is 18.8 Å². The molecule has 1 saturated heterocycles. The van der Waals surface area contributed by atoms with Gasteiger partial charge in [0.2, 0.25) is 0 Å². The number of nitrogens with one attached hydrogen (secondary N) is 1. The number of nitrogens with zero attached hydrogens (tertiary/aromatic N) is 1. The molecule has 0 aromatic heterocycles. The lowest BCUT2D eigenvalue weighted by Gasteiger charge is -2.30. The summed E-state index contributed by atoms with van der Waals surface area (Å²) < 4.78 is 6.34. The number of nitriles is 1. The third-order valence-electron chi connectivity index (χ3n) is 3.25. The van der Waals surface area contributed by atoms with Gasteiger partial charge in [0.1, 0.15) is 5.54 Å². The summed E-state index contributed by atoms with van der Waals surface area (Å²) in [5.41, 5.74) is 0.365. The van der Waals surface area contributed by atoms with E-state index in [1.54, 1.807) is 0 Å². The van der Waals surface area contributed by atoms with Crippen LogP contribution in [0.2, 0.25) is 0 Å². The summed E-state index contributed by atoms with van der Waals surface area (Å²) in [6.45, 7) is 3.34. The van der Waals surface area contributed by atoms with Gasteiger partial charge in [0.05, 0.1) is 12.7 Å². The minimum atomic E-state index is -0.583. The maximum Gasteiger partial charge on any atom is 0.127 e. The molecule has 3 nitrogen and oxygen atoms in total. The lowest BCUT2D eigenvalue weighted by atomic mass is 9.86. The van der Waals surface area contributed by atoms with Gasteiger partial charge in [-0.25, -0.2) is 0 Å². The Kier molecular flexibility index (Phi) is 3.70. The predicted octanol–water partition coefficient (Wildman–Crippen LogP) is 3.18. The average molecular weight is 295 g/mol. The van der Waals surface area contributed by atoms with Gasteiger partial charge in [0.25, 0.3) is 0 Å². The van der Waals surface area contributed by atoms with Crippen molar-refractivity contribution < 1.29 is 4.74 Å². The largest absolute Gasteiger partial charge is 0.381 e. The molecule has 1 aliphatic heterocycles. The summed E-state index contributed by atoms with van der Waals surface area (Å²) in [7, 11) is 0. The van der Waals surface area contributed by atoms with Crippen LogP contribution in [0.5, 0.6) is 0 Å². The van der Waals surface area contributed by atoms with Gasteiger partial charge in [-0.3, -0.25) is 0 Å². The van der Waals surface area contributed by atoms with Gasteiger partial charge < -0.3 is 10.1 Å². The summed E-state index contributed by atoms with van der Waals surface area (Å²) in [5, 5.41) is 12.7. The Bertz CT molecular complexity index is 437. The molecule has 0 aliphatic carbocycles. The van der Waals surface area contributed by atoms with Crippen LogP contribution in [0.15, 0.2) is 28.7 Å². The minimum absolute atomic E-state index is 0.236. The Morgan fingerprint density at radius 1 is 1.53 bits per heavy atom. The van der Waals surface area contributed by atoms with Crippen LogP contribution in [0.25, 0.3) is 0 Å². The van der Waals surface area contributed by atoms with E-state index in [0.29, 0.717) is 6.61 Å². The zero-order valence-electron chi connectivity index (χ0n) is 9.74. The van der Waals surface area contributed by atoms with Crippen molar-refractivity contribution in [1.82, 2.24) is 0 Å². The van der Waals surface area contributed by atoms with E-state index in [2.05, 4.69) is 27.3 Å². The van der Waals surface area contributed by atoms with E-state index >= 15 is 0 Å². The van der Waals surface area contributed by atoms with Crippen LogP contribution in [0.3, 0.4) is 0 Å². The molecule has 1 aromatic carbocycles. The Balaban J connectivity index is 2.20. The Hall–Kier alpha value is -1.05. The van der Waals surface area contributed by atoms with Crippen LogP contribution in [0, 0.1) is 17.2 Å². The monoisotopic (exact) mass is 294 g/mol. The maximum absolute atomic E-state index is 9.41. The molecule has 1 heterocycles. The second-order valence-electron chi connectivity index (χ2n) is 4.48. The molecule has 4 heteroatoms. The number of para-hydroxylation sites is 1. The molecule has 1 aromatic rings. The number of ether oxygens (including phenoxy) is 1. The lowest BCUT2D eigenvalue weighted by molar-refractivity contribution is 0.178. The van der Waals surface area contributed by atoms with Crippen LogP contribution in [0.4, 0.5) is 5.69 Å². The summed E-state index contributed by atoms with van der Waals surface area (Å²) >= 11 is 3.48. The van der Waals surface area contributed by atoms with Crippen LogP contribution in [-0.2, 0) is 4.74 Å². The first-order valence-corrected chi connectivity index (χ1v) is 6.47. The lowest BCUT2D eigenvalue weighted by Crippen LogP contribution is -2.41. The van der Waals surface area contributed by atoms with Crippen molar-refractivity contribution in [3.8, 4) is 6.07 Å². The highest BCUT2D eigenvalue weighted by Gasteiger charge is 2.37. The standard InChI is InChI=1S/C13H15BrN2O/c1-13(9-15,10-6-7-17-8-10)16-12-5-3-2-4-11(12)14/h2-5,10,16H,6-8H2,1H3. The smallest absolute Gasteiger partial charge is 0.127 e. The first-order chi connectivity index (χ1) is 8.15. The van der Waals surface area contributed by atoms with Crippen molar-refractivity contribution in [2.45, 2.75) is 18.9 Å². The normalized spacial score (nSPS) is 22.8. The minimum Gasteiger partial charge on any atom is -0.381 e. The molecule has 2 atom stereocenters. The highest BCUT2D eigenvalue weighted by molar-refractivity contribution is 9.10. The molecule has 2 rings (SSSR count). The van der Waals surface area contributed by atoms with E-state index in [9.17, 15) is 5.26 Å². The molecule has 1 N–H and O–H groups in total. The Morgan fingerprint density at radius 2 is 2.29 bits per heavy atom. The number of hydrogen-bond acceptors (Lipinski definition) is 3. The van der Waals surface area contributed by atoms with Crippen molar-refractivity contribution in [2.24, 2.45) is 5.92 Å². The summed E-state index contributed by atoms with van der Waals surface area (Å²) in [6.07, 6.45) is 0.932. The quantitative estimate of drug-likeness (QED) is 0.931. The van der Waals surface area contributed by atoms with Gasteiger partial charge in [0, 0.05) is 22.7 Å². The molecule has 0 amide bonds. The van der Waals surface area contributed by atoms with Crippen LogP contribution >= 0.6 is 15.9 Å². The van der Waals surface area contributed by atoms with Crippen molar-refractivity contribution in [2.75, 3.05) is 18.5 Å². The van der Waals surface area contributed by atoms with Crippen LogP contribution in [0.1, 0.15) is 13.3 Å². The molecular weight excluding hydrogens is 280 g/mol. The summed E-state index contributed by atoms with van der Waals surface area (Å²) in [6, 6.07) is 10.2. The number of hydrogen-bond donors (Lipinski definition) is 1. The molecule has 90 valence electrons. The van der Waals surface area contributed by atoms with E-state index in [4.69, 9.17) is 4.74 Å². The molecule has 0 spiro atoms. The first-order valence-electron chi connectivity index (χ1n) is 5.67. The second-order valence-corrected chi connectivity index (χ2v) is 5.33. The zero-order chi connectivity index (χ0) is 12.3. The third-order valence-corrected chi connectivity index (χ3v) is 3.94. The summed E-state index contributed by atoms with van der Waals surface area (Å²) in [4.78, 5) is 0. The second kappa shape index (κ2) is 5.07. The third kappa shape index (κ3) is 2.62. The van der Waals surface area contributed by atoms with Gasteiger partial charge in [0.15, 0.2) is 0 Å². The van der Waals surface area contributed by atoms with E-state index in [0.717, 1.165) is 23.2 Å². The number of rotatable bonds is 3. The predicted molar refractivity (Wildman–Crippen MR) is 70.7 cm³/mol. The van der Waals surface area contributed by atoms with Crippen molar-refractivity contribution in [1.29, 1.82) is 5.26 Å². The van der Waals surface area contributed by atoms with Crippen molar-refractivity contribution >= 4 is 21.6 Å². The van der Waals surface area contributed by atoms with Crippen LogP contribution < -0.4 is 5.32 Å². The Morgan fingerprint density at radius 3 is 2.88 bits per heavy atom. The molecule has 1 fully saturated rings. The number of anilines is 1. The van der Waals surface area contributed by atoms with Gasteiger partial charge in [-0.05, 0) is 41.4 Å². The number of halogens is 1. The van der Waals surface area contributed by atoms with Gasteiger partial charge in [-0.15, -0.1) is 0 Å². The SMILES string of the molecule is CC(C#N)(Nc1ccccc1Br)C1CCOC1. The van der Waals surface area contributed by atoms with E-state index in [-0.39, 0.29) is 5.92 Å². The molecule has 0 radical (unpaired) electrons. The molecule has 17 heavy (non-hydrogen) atoms. The van der Waals surface area contributed by atoms with E-state index in [1.165, 1.54) is 0 Å². The van der Waals surface area contributed by atoms with Crippen molar-refractivity contribution in [3.05, 3.63) is 28.7 Å². The molecule has 0 bridgehead atoms. The first kappa shape index (κ1) is 12.4. The summed E-state index contributed by atoms with van der Waals surface area (Å²) in [5.74, 6) is 0.236. The van der Waals surface area contributed by atoms with E-state index < -0.39 is 5.54 Å². The van der Waals surface area contributed by atoms with Gasteiger partial charge in [-0.2, -0.15) is 5.26 Å². The Labute approximate surface area is 110 Å². The highest BCUT2D eigenvalue weighted by atomic mass is 79.9. The zero-order valence-corrected chi connectivity index (χ0v) is 11.3. The molecule has 2 unspecified atom stereocenters. The average Bonchev–Trinajstić information content (AvgIpc) is 2.86. The van der Waals surface area contributed by atoms with Gasteiger partial charge >= 0.3 is 0 Å². The highest BCUT2D eigenvalue weighted by Crippen LogP contribution is 2.31. The fourth-order valence-electron chi connectivity index (χ4n) is 2.05. The van der Waals surface area contributed by atoms with Gasteiger partial charge in [-0.1, -0.05) is 12.1 Å². The topological polar surface area (TPSA) is 45.0 Å². The molecule has 0 saturated carbocycles. The van der Waals surface area contributed by atoms with E-state index in [1.807, 2.05) is 31.2 Å².